The van der Waals surface area contributed by atoms with Crippen molar-refractivity contribution in [2.45, 2.75) is 6.42 Å². The van der Waals surface area contributed by atoms with Gasteiger partial charge in [-0.1, -0.05) is 17.7 Å². The van der Waals surface area contributed by atoms with Gasteiger partial charge >= 0.3 is 0 Å². The van der Waals surface area contributed by atoms with E-state index in [9.17, 15) is 4.79 Å². The van der Waals surface area contributed by atoms with Crippen molar-refractivity contribution >= 4 is 23.2 Å². The van der Waals surface area contributed by atoms with Crippen LogP contribution in [0.15, 0.2) is 24.3 Å². The monoisotopic (exact) mass is 300 g/mol. The molecule has 6 heteroatoms. The predicted octanol–water partition coefficient (Wildman–Crippen LogP) is 1.92. The lowest BCUT2D eigenvalue weighted by Crippen LogP contribution is -2.29. The molecule has 0 saturated carbocycles. The van der Waals surface area contributed by atoms with Crippen LogP contribution in [0.3, 0.4) is 0 Å². The van der Waals surface area contributed by atoms with Gasteiger partial charge < -0.3 is 20.1 Å². The van der Waals surface area contributed by atoms with Gasteiger partial charge in [-0.15, -0.1) is 0 Å². The third-order valence-electron chi connectivity index (χ3n) is 2.47. The molecule has 0 unspecified atom stereocenters. The van der Waals surface area contributed by atoms with E-state index >= 15 is 0 Å². The highest BCUT2D eigenvalue weighted by Gasteiger charge is 2.01. The maximum Gasteiger partial charge on any atom is 0.238 e. The van der Waals surface area contributed by atoms with Crippen molar-refractivity contribution in [2.24, 2.45) is 0 Å². The van der Waals surface area contributed by atoms with Gasteiger partial charge in [0.15, 0.2) is 0 Å². The third-order valence-corrected chi connectivity index (χ3v) is 2.70. The van der Waals surface area contributed by atoms with Crippen molar-refractivity contribution in [1.29, 1.82) is 0 Å². The zero-order valence-corrected chi connectivity index (χ0v) is 12.4. The number of benzene rings is 1. The summed E-state index contributed by atoms with van der Waals surface area (Å²) in [6.07, 6.45) is 0.855. The molecule has 1 aromatic rings. The summed E-state index contributed by atoms with van der Waals surface area (Å²) in [6.45, 7) is 2.87. The minimum atomic E-state index is -0.0902. The van der Waals surface area contributed by atoms with Gasteiger partial charge in [-0.05, 0) is 31.2 Å². The molecule has 0 spiro atoms. The molecule has 112 valence electrons. The van der Waals surface area contributed by atoms with Gasteiger partial charge in [0.25, 0.3) is 0 Å². The van der Waals surface area contributed by atoms with Crippen LogP contribution in [0.25, 0.3) is 0 Å². The zero-order valence-electron chi connectivity index (χ0n) is 11.7. The molecule has 0 saturated heterocycles. The Hall–Kier alpha value is -1.14. The van der Waals surface area contributed by atoms with Crippen molar-refractivity contribution in [1.82, 2.24) is 5.32 Å². The van der Waals surface area contributed by atoms with Gasteiger partial charge in [-0.3, -0.25) is 4.79 Å². The summed E-state index contributed by atoms with van der Waals surface area (Å²) in [4.78, 5) is 11.6. The lowest BCUT2D eigenvalue weighted by Gasteiger charge is -2.07. The molecule has 0 aromatic heterocycles. The highest BCUT2D eigenvalue weighted by Crippen LogP contribution is 2.14. The second-order valence-electron chi connectivity index (χ2n) is 4.19. The molecule has 0 atom stereocenters. The van der Waals surface area contributed by atoms with Crippen LogP contribution in [-0.4, -0.2) is 45.9 Å². The van der Waals surface area contributed by atoms with Crippen LogP contribution in [0, 0.1) is 0 Å². The van der Waals surface area contributed by atoms with Gasteiger partial charge in [0, 0.05) is 24.4 Å². The van der Waals surface area contributed by atoms with Crippen molar-refractivity contribution in [2.75, 3.05) is 45.3 Å². The highest BCUT2D eigenvalue weighted by molar-refractivity contribution is 6.30. The first-order valence-corrected chi connectivity index (χ1v) is 6.93. The van der Waals surface area contributed by atoms with Crippen LogP contribution in [0.4, 0.5) is 5.69 Å². The highest BCUT2D eigenvalue weighted by atomic mass is 35.5. The summed E-state index contributed by atoms with van der Waals surface area (Å²) in [5.41, 5.74) is 0.701. The Labute approximate surface area is 124 Å². The van der Waals surface area contributed by atoms with E-state index in [1.165, 1.54) is 0 Å². The number of halogens is 1. The molecular weight excluding hydrogens is 280 g/mol. The average Bonchev–Trinajstić information content (AvgIpc) is 2.42. The maximum absolute atomic E-state index is 11.6. The second-order valence-corrected chi connectivity index (χ2v) is 4.63. The molecule has 0 radical (unpaired) electrons. The van der Waals surface area contributed by atoms with E-state index in [1.54, 1.807) is 31.4 Å². The summed E-state index contributed by atoms with van der Waals surface area (Å²) >= 11 is 5.84. The van der Waals surface area contributed by atoms with Crippen molar-refractivity contribution < 1.29 is 14.3 Å². The number of anilines is 1. The fourth-order valence-electron chi connectivity index (χ4n) is 1.52. The smallest absolute Gasteiger partial charge is 0.238 e. The topological polar surface area (TPSA) is 59.6 Å². The van der Waals surface area contributed by atoms with Crippen LogP contribution in [-0.2, 0) is 14.3 Å². The molecule has 0 heterocycles. The summed E-state index contributed by atoms with van der Waals surface area (Å²) < 4.78 is 10.2. The summed E-state index contributed by atoms with van der Waals surface area (Å²) in [5, 5.41) is 6.42. The molecule has 2 N–H and O–H groups in total. The molecule has 0 fully saturated rings. The molecule has 1 amide bonds. The van der Waals surface area contributed by atoms with Crippen molar-refractivity contribution in [3.8, 4) is 0 Å². The number of rotatable bonds is 10. The fourth-order valence-corrected chi connectivity index (χ4v) is 1.71. The van der Waals surface area contributed by atoms with E-state index in [2.05, 4.69) is 10.6 Å². The Bertz CT molecular complexity index is 402. The number of hydrogen-bond acceptors (Lipinski definition) is 4. The van der Waals surface area contributed by atoms with Crippen LogP contribution >= 0.6 is 11.6 Å². The Morgan fingerprint density at radius 3 is 2.90 bits per heavy atom. The van der Waals surface area contributed by atoms with Gasteiger partial charge in [-0.2, -0.15) is 0 Å². The van der Waals surface area contributed by atoms with E-state index in [1.807, 2.05) is 0 Å². The van der Waals surface area contributed by atoms with E-state index in [4.69, 9.17) is 21.1 Å². The molecule has 20 heavy (non-hydrogen) atoms. The van der Waals surface area contributed by atoms with E-state index in [0.29, 0.717) is 30.5 Å². The fraction of sp³-hybridized carbons (Fsp3) is 0.500. The Kier molecular flexibility index (Phi) is 8.98. The zero-order chi connectivity index (χ0) is 14.6. The number of amides is 1. The van der Waals surface area contributed by atoms with Crippen molar-refractivity contribution in [3.05, 3.63) is 29.3 Å². The SMILES string of the molecule is COCCOCCCNCC(=O)Nc1cccc(Cl)c1. The van der Waals surface area contributed by atoms with Crippen LogP contribution in [0.5, 0.6) is 0 Å². The van der Waals surface area contributed by atoms with Gasteiger partial charge in [-0.25, -0.2) is 0 Å². The Morgan fingerprint density at radius 2 is 2.15 bits per heavy atom. The van der Waals surface area contributed by atoms with E-state index in [0.717, 1.165) is 13.0 Å². The molecule has 0 aliphatic heterocycles. The predicted molar refractivity (Wildman–Crippen MR) is 80.3 cm³/mol. The lowest BCUT2D eigenvalue weighted by molar-refractivity contribution is -0.115. The minimum Gasteiger partial charge on any atom is -0.382 e. The molecular formula is C14H21ClN2O3. The van der Waals surface area contributed by atoms with Crippen LogP contribution in [0.2, 0.25) is 5.02 Å². The number of carbonyl (C=O) groups is 1. The van der Waals surface area contributed by atoms with Crippen molar-refractivity contribution in [3.63, 3.8) is 0 Å². The standard InChI is InChI=1S/C14H21ClN2O3/c1-19-8-9-20-7-3-6-16-11-14(18)17-13-5-2-4-12(15)10-13/h2,4-5,10,16H,3,6-9,11H2,1H3,(H,17,18). The normalized spacial score (nSPS) is 10.5. The largest absolute Gasteiger partial charge is 0.382 e. The third kappa shape index (κ3) is 8.12. The van der Waals surface area contributed by atoms with Crippen LogP contribution in [0.1, 0.15) is 6.42 Å². The number of methoxy groups -OCH3 is 1. The number of ether oxygens (including phenoxy) is 2. The molecule has 0 aliphatic rings. The molecule has 1 rings (SSSR count). The minimum absolute atomic E-state index is 0.0902. The molecule has 5 nitrogen and oxygen atoms in total. The van der Waals surface area contributed by atoms with Crippen LogP contribution < -0.4 is 10.6 Å². The molecule has 1 aromatic carbocycles. The maximum atomic E-state index is 11.6. The molecule has 0 bridgehead atoms. The van der Waals surface area contributed by atoms with Gasteiger partial charge in [0.2, 0.25) is 5.91 Å². The van der Waals surface area contributed by atoms with E-state index < -0.39 is 0 Å². The second kappa shape index (κ2) is 10.6. The number of hydrogen-bond donors (Lipinski definition) is 2. The lowest BCUT2D eigenvalue weighted by atomic mass is 10.3. The number of nitrogens with one attached hydrogen (secondary N) is 2. The Balaban J connectivity index is 2.03. The first-order valence-electron chi connectivity index (χ1n) is 6.55. The van der Waals surface area contributed by atoms with Gasteiger partial charge in [0.05, 0.1) is 19.8 Å². The average molecular weight is 301 g/mol. The van der Waals surface area contributed by atoms with E-state index in [-0.39, 0.29) is 12.5 Å². The summed E-state index contributed by atoms with van der Waals surface area (Å²) in [5.74, 6) is -0.0902. The van der Waals surface area contributed by atoms with Gasteiger partial charge in [0.1, 0.15) is 0 Å². The quantitative estimate of drug-likeness (QED) is 0.648. The first kappa shape index (κ1) is 16.9. The summed E-state index contributed by atoms with van der Waals surface area (Å²) in [6, 6.07) is 7.07. The first-order chi connectivity index (χ1) is 9.72. The molecule has 0 aliphatic carbocycles. The Morgan fingerprint density at radius 1 is 1.30 bits per heavy atom. The number of carbonyl (C=O) groups excluding carboxylic acids is 1. The summed E-state index contributed by atoms with van der Waals surface area (Å²) in [7, 11) is 1.64.